The van der Waals surface area contributed by atoms with E-state index >= 15 is 0 Å². The lowest BCUT2D eigenvalue weighted by atomic mass is 9.92. The SMILES string of the molecule is Cc1cc(C)c(C(=[N+]=[N-])/C(=N/S(=O)O)c2ccccc2)c(C)c1. The highest BCUT2D eigenvalue weighted by molar-refractivity contribution is 7.78. The van der Waals surface area contributed by atoms with Crippen molar-refractivity contribution in [2.45, 2.75) is 20.8 Å². The van der Waals surface area contributed by atoms with Gasteiger partial charge in [-0.15, -0.1) is 0 Å². The molecule has 0 aliphatic carbocycles. The van der Waals surface area contributed by atoms with Gasteiger partial charge in [0.2, 0.25) is 0 Å². The molecule has 1 unspecified atom stereocenters. The van der Waals surface area contributed by atoms with Crippen LogP contribution in [0.4, 0.5) is 0 Å². The quantitative estimate of drug-likeness (QED) is 0.404. The molecule has 5 nitrogen and oxygen atoms in total. The fourth-order valence-corrected chi connectivity index (χ4v) is 3.02. The molecule has 0 fully saturated rings. The van der Waals surface area contributed by atoms with Crippen molar-refractivity contribution < 1.29 is 13.6 Å². The minimum Gasteiger partial charge on any atom is -0.361 e. The zero-order valence-electron chi connectivity index (χ0n) is 13.1. The molecule has 0 amide bonds. The fraction of sp³-hybridized carbons (Fsp3) is 0.176. The molecule has 0 aliphatic rings. The average Bonchev–Trinajstić information content (AvgIpc) is 2.49. The number of aryl methyl sites for hydroxylation is 3. The number of benzene rings is 2. The van der Waals surface area contributed by atoms with Crippen LogP contribution in [0.1, 0.15) is 27.8 Å². The van der Waals surface area contributed by atoms with Crippen LogP contribution in [-0.2, 0) is 11.3 Å². The van der Waals surface area contributed by atoms with E-state index in [0.29, 0.717) is 11.1 Å². The van der Waals surface area contributed by atoms with E-state index in [1.54, 1.807) is 24.3 Å². The van der Waals surface area contributed by atoms with Gasteiger partial charge in [-0.25, -0.2) is 4.21 Å². The van der Waals surface area contributed by atoms with Gasteiger partial charge in [0, 0.05) is 5.56 Å². The Bertz CT molecular complexity index is 815. The zero-order chi connectivity index (χ0) is 17.0. The van der Waals surface area contributed by atoms with Gasteiger partial charge < -0.3 is 5.53 Å². The van der Waals surface area contributed by atoms with Crippen LogP contribution in [0.3, 0.4) is 0 Å². The minimum atomic E-state index is -2.41. The molecule has 118 valence electrons. The van der Waals surface area contributed by atoms with E-state index in [1.807, 2.05) is 39.0 Å². The van der Waals surface area contributed by atoms with Crippen LogP contribution in [0.2, 0.25) is 0 Å². The summed E-state index contributed by atoms with van der Waals surface area (Å²) in [7, 11) is 0. The van der Waals surface area contributed by atoms with Crippen LogP contribution in [0, 0.1) is 20.8 Å². The maximum absolute atomic E-state index is 11.2. The minimum absolute atomic E-state index is 0.170. The summed E-state index contributed by atoms with van der Waals surface area (Å²) in [5, 5.41) is 0. The van der Waals surface area contributed by atoms with Crippen LogP contribution in [-0.4, -0.2) is 25.0 Å². The lowest BCUT2D eigenvalue weighted by molar-refractivity contribution is -0.000498. The molecule has 2 aromatic carbocycles. The summed E-state index contributed by atoms with van der Waals surface area (Å²) < 4.78 is 24.2. The Labute approximate surface area is 137 Å². The van der Waals surface area contributed by atoms with E-state index in [-0.39, 0.29) is 11.4 Å². The summed E-state index contributed by atoms with van der Waals surface area (Å²) in [5.41, 5.74) is 14.1. The lowest BCUT2D eigenvalue weighted by Crippen LogP contribution is -2.21. The lowest BCUT2D eigenvalue weighted by Gasteiger charge is -2.09. The van der Waals surface area contributed by atoms with Crippen LogP contribution >= 0.6 is 0 Å². The van der Waals surface area contributed by atoms with Crippen molar-refractivity contribution in [3.05, 3.63) is 75.8 Å². The molecule has 0 saturated carbocycles. The molecular weight excluding hydrogens is 310 g/mol. The third-order valence-corrected chi connectivity index (χ3v) is 3.79. The van der Waals surface area contributed by atoms with Gasteiger partial charge in [-0.05, 0) is 31.9 Å². The Morgan fingerprint density at radius 1 is 1.13 bits per heavy atom. The first kappa shape index (κ1) is 17.0. The van der Waals surface area contributed by atoms with Crippen molar-refractivity contribution in [3.63, 3.8) is 0 Å². The Balaban J connectivity index is 2.72. The van der Waals surface area contributed by atoms with Crippen LogP contribution in [0.15, 0.2) is 46.9 Å². The predicted octanol–water partition coefficient (Wildman–Crippen LogP) is 3.26. The molecule has 2 aromatic rings. The van der Waals surface area contributed by atoms with E-state index in [4.69, 9.17) is 0 Å². The number of rotatable bonds is 4. The summed E-state index contributed by atoms with van der Waals surface area (Å²) in [6, 6.07) is 12.8. The molecule has 23 heavy (non-hydrogen) atoms. The van der Waals surface area contributed by atoms with Crippen LogP contribution < -0.4 is 0 Å². The van der Waals surface area contributed by atoms with E-state index in [1.165, 1.54) is 0 Å². The van der Waals surface area contributed by atoms with E-state index in [2.05, 4.69) is 9.19 Å². The Morgan fingerprint density at radius 2 is 1.70 bits per heavy atom. The molecular formula is C17H17N3O2S. The second-order valence-electron chi connectivity index (χ2n) is 5.26. The van der Waals surface area contributed by atoms with Crippen LogP contribution in [0.5, 0.6) is 0 Å². The Hall–Kier alpha value is -2.40. The number of nitrogens with zero attached hydrogens (tertiary/aromatic N) is 3. The fourth-order valence-electron chi connectivity index (χ4n) is 2.68. The molecule has 6 heteroatoms. The zero-order valence-corrected chi connectivity index (χ0v) is 14.0. The molecule has 0 aromatic heterocycles. The topological polar surface area (TPSA) is 86.1 Å². The van der Waals surface area contributed by atoms with Gasteiger partial charge in [-0.2, -0.15) is 9.19 Å². The van der Waals surface area contributed by atoms with Gasteiger partial charge >= 0.3 is 5.71 Å². The normalized spacial score (nSPS) is 12.6. The predicted molar refractivity (Wildman–Crippen MR) is 92.1 cm³/mol. The second kappa shape index (κ2) is 7.24. The summed E-state index contributed by atoms with van der Waals surface area (Å²) in [6.45, 7) is 5.78. The molecule has 0 radical (unpaired) electrons. The van der Waals surface area contributed by atoms with E-state index in [9.17, 15) is 14.3 Å². The highest BCUT2D eigenvalue weighted by Crippen LogP contribution is 2.19. The molecule has 2 rings (SSSR count). The average molecular weight is 327 g/mol. The highest BCUT2D eigenvalue weighted by atomic mass is 32.2. The number of hydrogen-bond donors (Lipinski definition) is 1. The first-order valence-electron chi connectivity index (χ1n) is 6.99. The standard InChI is InChI=1S/C17H17N3O2S/c1-11-9-12(2)15(13(3)10-11)17(19-18)16(20-23(21)22)14-7-5-4-6-8-14/h4-10H,1-3H3,(H,21,22)/b20-16+. The highest BCUT2D eigenvalue weighted by Gasteiger charge is 2.26. The van der Waals surface area contributed by atoms with Crippen molar-refractivity contribution in [2.75, 3.05) is 0 Å². The second-order valence-corrected chi connectivity index (χ2v) is 5.90. The maximum Gasteiger partial charge on any atom is 0.349 e. The largest absolute Gasteiger partial charge is 0.361 e. The molecule has 0 aliphatic heterocycles. The van der Waals surface area contributed by atoms with E-state index in [0.717, 1.165) is 16.7 Å². The third kappa shape index (κ3) is 3.87. The van der Waals surface area contributed by atoms with Gasteiger partial charge in [0.15, 0.2) is 5.71 Å². The van der Waals surface area contributed by atoms with Gasteiger partial charge in [-0.1, -0.05) is 48.0 Å². The van der Waals surface area contributed by atoms with E-state index < -0.39 is 11.3 Å². The third-order valence-electron chi connectivity index (χ3n) is 3.45. The first-order valence-corrected chi connectivity index (χ1v) is 8.06. The van der Waals surface area contributed by atoms with Crippen molar-refractivity contribution in [3.8, 4) is 0 Å². The van der Waals surface area contributed by atoms with Gasteiger partial charge in [0.25, 0.3) is 11.3 Å². The smallest absolute Gasteiger partial charge is 0.349 e. The molecule has 0 heterocycles. The summed E-state index contributed by atoms with van der Waals surface area (Å²) in [5.74, 6) is 0. The Kier molecular flexibility index (Phi) is 5.34. The molecule has 1 atom stereocenters. The molecule has 0 spiro atoms. The van der Waals surface area contributed by atoms with Crippen molar-refractivity contribution >= 4 is 22.7 Å². The molecule has 1 N–H and O–H groups in total. The van der Waals surface area contributed by atoms with Crippen molar-refractivity contribution in [1.82, 2.24) is 0 Å². The molecule has 0 bridgehead atoms. The summed E-state index contributed by atoms with van der Waals surface area (Å²) >= 11 is -2.41. The monoisotopic (exact) mass is 327 g/mol. The van der Waals surface area contributed by atoms with Gasteiger partial charge in [-0.3, -0.25) is 4.55 Å². The van der Waals surface area contributed by atoms with Crippen molar-refractivity contribution in [2.24, 2.45) is 4.40 Å². The summed E-state index contributed by atoms with van der Waals surface area (Å²) in [6.07, 6.45) is 0. The first-order chi connectivity index (χ1) is 10.9. The maximum atomic E-state index is 11.2. The molecule has 0 saturated heterocycles. The number of hydrogen-bond acceptors (Lipinski definition) is 1. The van der Waals surface area contributed by atoms with Crippen molar-refractivity contribution in [1.29, 1.82) is 0 Å². The summed E-state index contributed by atoms with van der Waals surface area (Å²) in [4.78, 5) is 3.38. The Morgan fingerprint density at radius 3 is 2.17 bits per heavy atom. The van der Waals surface area contributed by atoms with Gasteiger partial charge in [0.1, 0.15) is 0 Å². The van der Waals surface area contributed by atoms with Gasteiger partial charge in [0.05, 0.1) is 5.56 Å². The van der Waals surface area contributed by atoms with Crippen LogP contribution in [0.25, 0.3) is 5.53 Å².